The van der Waals surface area contributed by atoms with Gasteiger partial charge in [-0.05, 0) is 72.8 Å². The van der Waals surface area contributed by atoms with Gasteiger partial charge in [-0.2, -0.15) is 0 Å². The van der Waals surface area contributed by atoms with E-state index in [9.17, 15) is 0 Å². The lowest BCUT2D eigenvalue weighted by atomic mass is 10.0. The highest BCUT2D eigenvalue weighted by atomic mass is 14.8. The molecule has 31 heavy (non-hydrogen) atoms. The van der Waals surface area contributed by atoms with E-state index in [1.807, 2.05) is 60.7 Å². The molecule has 5 heteroatoms. The number of hydrogen-bond donors (Lipinski definition) is 3. The fourth-order valence-electron chi connectivity index (χ4n) is 4.01. The van der Waals surface area contributed by atoms with Crippen LogP contribution in [0.3, 0.4) is 0 Å². The van der Waals surface area contributed by atoms with Crippen molar-refractivity contribution in [3.05, 3.63) is 89.5 Å². The van der Waals surface area contributed by atoms with E-state index in [0.29, 0.717) is 5.69 Å². The summed E-state index contributed by atoms with van der Waals surface area (Å²) < 4.78 is 0. The molecule has 0 spiro atoms. The molecule has 0 amide bonds. The van der Waals surface area contributed by atoms with Crippen LogP contribution in [-0.2, 0) is 0 Å². The molecule has 148 valence electrons. The van der Waals surface area contributed by atoms with E-state index in [4.69, 9.17) is 15.7 Å². The number of anilines is 1. The van der Waals surface area contributed by atoms with Gasteiger partial charge in [-0.3, -0.25) is 0 Å². The van der Waals surface area contributed by atoms with E-state index >= 15 is 0 Å². The van der Waals surface area contributed by atoms with Crippen LogP contribution in [0.2, 0.25) is 0 Å². The topological polar surface area (TPSA) is 83.4 Å². The summed E-state index contributed by atoms with van der Waals surface area (Å²) in [5.41, 5.74) is 16.4. The molecule has 0 saturated carbocycles. The summed E-state index contributed by atoms with van der Waals surface area (Å²) in [5.74, 6) is 0. The summed E-state index contributed by atoms with van der Waals surface area (Å²) >= 11 is 0. The number of benzene rings is 1. The SMILES string of the molecule is Nc1ccccc1-c1c2nc(cc3ccc(cc4ccc(cc5nc1C=C5)[nH]4)[nH]3)C=C2. The monoisotopic (exact) mass is 401 g/mol. The Balaban J connectivity index is 1.74. The Morgan fingerprint density at radius 3 is 1.65 bits per heavy atom. The van der Waals surface area contributed by atoms with Crippen molar-refractivity contribution in [1.82, 2.24) is 19.9 Å². The van der Waals surface area contributed by atoms with Crippen LogP contribution in [0.25, 0.3) is 57.5 Å². The van der Waals surface area contributed by atoms with Gasteiger partial charge >= 0.3 is 0 Å². The van der Waals surface area contributed by atoms with Crippen molar-refractivity contribution >= 4 is 52.1 Å². The van der Waals surface area contributed by atoms with Crippen molar-refractivity contribution < 1.29 is 0 Å². The second kappa shape index (κ2) is 6.85. The lowest BCUT2D eigenvalue weighted by Crippen LogP contribution is -1.94. The minimum absolute atomic E-state index is 0.701. The Kier molecular flexibility index (Phi) is 3.86. The molecule has 0 radical (unpaired) electrons. The maximum atomic E-state index is 6.35. The number of para-hydroxylation sites is 1. The predicted molar refractivity (Wildman–Crippen MR) is 129 cm³/mol. The highest BCUT2D eigenvalue weighted by Crippen LogP contribution is 2.34. The first-order valence-corrected chi connectivity index (χ1v) is 10.1. The molecule has 0 saturated heterocycles. The largest absolute Gasteiger partial charge is 0.398 e. The van der Waals surface area contributed by atoms with Crippen LogP contribution < -0.4 is 5.73 Å². The number of aromatic nitrogens is 4. The van der Waals surface area contributed by atoms with Crippen molar-refractivity contribution in [3.8, 4) is 11.1 Å². The molecular formula is C26H19N5. The average molecular weight is 401 g/mol. The number of nitrogen functional groups attached to an aromatic ring is 1. The molecule has 1 aromatic carbocycles. The molecule has 2 aliphatic heterocycles. The number of nitrogens with one attached hydrogen (secondary N) is 2. The van der Waals surface area contributed by atoms with Crippen LogP contribution in [-0.4, -0.2) is 19.9 Å². The number of nitrogens with two attached hydrogens (primary N) is 1. The Bertz CT molecular complexity index is 1460. The van der Waals surface area contributed by atoms with Gasteiger partial charge in [0.15, 0.2) is 0 Å². The maximum Gasteiger partial charge on any atom is 0.0738 e. The lowest BCUT2D eigenvalue weighted by molar-refractivity contribution is 1.28. The minimum atomic E-state index is 0.701. The molecular weight excluding hydrogens is 382 g/mol. The van der Waals surface area contributed by atoms with Gasteiger partial charge in [-0.1, -0.05) is 18.2 Å². The first-order chi connectivity index (χ1) is 15.2. The Hall–Kier alpha value is -4.38. The first kappa shape index (κ1) is 17.5. The highest BCUT2D eigenvalue weighted by Gasteiger charge is 2.15. The molecule has 5 nitrogen and oxygen atoms in total. The van der Waals surface area contributed by atoms with Gasteiger partial charge in [-0.25, -0.2) is 9.97 Å². The number of fused-ring (bicyclic) bond motifs is 8. The van der Waals surface area contributed by atoms with Crippen LogP contribution >= 0.6 is 0 Å². The minimum Gasteiger partial charge on any atom is -0.398 e. The van der Waals surface area contributed by atoms with Gasteiger partial charge in [0.1, 0.15) is 0 Å². The first-order valence-electron chi connectivity index (χ1n) is 10.1. The second-order valence-electron chi connectivity index (χ2n) is 7.64. The highest BCUT2D eigenvalue weighted by molar-refractivity contribution is 5.92. The quantitative estimate of drug-likeness (QED) is 0.300. The third-order valence-corrected chi connectivity index (χ3v) is 5.45. The fraction of sp³-hybridized carbons (Fsp3) is 0. The lowest BCUT2D eigenvalue weighted by Gasteiger charge is -2.07. The molecule has 0 fully saturated rings. The predicted octanol–water partition coefficient (Wildman–Crippen LogP) is 5.90. The zero-order valence-electron chi connectivity index (χ0n) is 16.6. The molecule has 4 aromatic rings. The fourth-order valence-corrected chi connectivity index (χ4v) is 4.01. The molecule has 8 bridgehead atoms. The summed E-state index contributed by atoms with van der Waals surface area (Å²) in [6, 6.07) is 22.2. The Morgan fingerprint density at radius 1 is 0.581 bits per heavy atom. The molecule has 6 rings (SSSR count). The van der Waals surface area contributed by atoms with Crippen molar-refractivity contribution in [2.45, 2.75) is 0 Å². The van der Waals surface area contributed by atoms with Crippen LogP contribution in [0.1, 0.15) is 22.8 Å². The van der Waals surface area contributed by atoms with Gasteiger partial charge < -0.3 is 15.7 Å². The maximum absolute atomic E-state index is 6.35. The summed E-state index contributed by atoms with van der Waals surface area (Å²) in [6.45, 7) is 0. The third kappa shape index (κ3) is 3.22. The zero-order chi connectivity index (χ0) is 20.8. The molecule has 0 aliphatic carbocycles. The van der Waals surface area contributed by atoms with Crippen molar-refractivity contribution in [3.63, 3.8) is 0 Å². The normalized spacial score (nSPS) is 12.4. The van der Waals surface area contributed by atoms with E-state index in [1.54, 1.807) is 0 Å². The number of rotatable bonds is 1. The summed E-state index contributed by atoms with van der Waals surface area (Å²) in [7, 11) is 0. The Labute approximate surface area is 178 Å². The van der Waals surface area contributed by atoms with Gasteiger partial charge in [0.05, 0.1) is 22.8 Å². The zero-order valence-corrected chi connectivity index (χ0v) is 16.6. The van der Waals surface area contributed by atoms with Crippen LogP contribution in [0.5, 0.6) is 0 Å². The van der Waals surface area contributed by atoms with E-state index in [2.05, 4.69) is 40.3 Å². The van der Waals surface area contributed by atoms with Gasteiger partial charge in [0.25, 0.3) is 0 Å². The van der Waals surface area contributed by atoms with Gasteiger partial charge in [0, 0.05) is 38.9 Å². The van der Waals surface area contributed by atoms with E-state index in [1.165, 1.54) is 0 Å². The van der Waals surface area contributed by atoms with E-state index in [-0.39, 0.29) is 0 Å². The van der Waals surface area contributed by atoms with Crippen LogP contribution in [0.15, 0.2) is 66.7 Å². The van der Waals surface area contributed by atoms with Gasteiger partial charge in [-0.15, -0.1) is 0 Å². The summed E-state index contributed by atoms with van der Waals surface area (Å²) in [4.78, 5) is 16.6. The van der Waals surface area contributed by atoms with Crippen molar-refractivity contribution in [1.29, 1.82) is 0 Å². The number of nitrogens with zero attached hydrogens (tertiary/aromatic N) is 2. The molecule has 2 aliphatic rings. The number of aromatic amines is 2. The van der Waals surface area contributed by atoms with Gasteiger partial charge in [0.2, 0.25) is 0 Å². The molecule has 0 unspecified atom stereocenters. The smallest absolute Gasteiger partial charge is 0.0738 e. The molecule has 0 atom stereocenters. The van der Waals surface area contributed by atoms with Crippen molar-refractivity contribution in [2.75, 3.05) is 5.73 Å². The van der Waals surface area contributed by atoms with E-state index in [0.717, 1.165) is 56.0 Å². The number of H-pyrrole nitrogens is 2. The van der Waals surface area contributed by atoms with Crippen molar-refractivity contribution in [2.24, 2.45) is 0 Å². The average Bonchev–Trinajstić information content (AvgIpc) is 3.55. The van der Waals surface area contributed by atoms with Crippen LogP contribution in [0, 0.1) is 0 Å². The second-order valence-corrected chi connectivity index (χ2v) is 7.64. The third-order valence-electron chi connectivity index (χ3n) is 5.45. The summed E-state index contributed by atoms with van der Waals surface area (Å²) in [6.07, 6.45) is 8.08. The standard InChI is InChI=1S/C26H19N5/c27-23-4-2-1-3-22(23)26-24-11-9-20(30-24)14-18-7-5-16(28-18)13-17-6-8-19(29-17)15-21-10-12-25(26)31-21/h1-15,28-29H,27H2. The molecule has 3 aromatic heterocycles. The Morgan fingerprint density at radius 2 is 1.10 bits per heavy atom. The molecule has 4 N–H and O–H groups in total. The number of hydrogen-bond acceptors (Lipinski definition) is 3. The van der Waals surface area contributed by atoms with Crippen LogP contribution in [0.4, 0.5) is 5.69 Å². The van der Waals surface area contributed by atoms with E-state index < -0.39 is 0 Å². The summed E-state index contributed by atoms with van der Waals surface area (Å²) in [5, 5.41) is 0. The molecule has 5 heterocycles.